The van der Waals surface area contributed by atoms with Crippen molar-refractivity contribution < 1.29 is 4.74 Å². The van der Waals surface area contributed by atoms with Crippen LogP contribution in [0.3, 0.4) is 0 Å². The first-order chi connectivity index (χ1) is 16.0. The smallest absolute Gasteiger partial charge is 0.200 e. The molecule has 6 rings (SSSR count). The lowest BCUT2D eigenvalue weighted by Gasteiger charge is -2.22. The summed E-state index contributed by atoms with van der Waals surface area (Å²) < 4.78 is 6.86. The quantitative estimate of drug-likeness (QED) is 0.337. The molecule has 1 aliphatic rings. The molecule has 0 bridgehead atoms. The van der Waals surface area contributed by atoms with Crippen LogP contribution in [0.1, 0.15) is 5.56 Å². The Hall–Kier alpha value is -3.43. The number of rotatable bonds is 2. The lowest BCUT2D eigenvalue weighted by molar-refractivity contribution is 0.331. The van der Waals surface area contributed by atoms with E-state index >= 15 is 0 Å². The number of benzene rings is 2. The van der Waals surface area contributed by atoms with Crippen LogP contribution in [0, 0.1) is 0 Å². The normalized spacial score (nSPS) is 13.7. The van der Waals surface area contributed by atoms with Gasteiger partial charge in [-0.1, -0.05) is 17.7 Å². The number of aromatic nitrogens is 5. The van der Waals surface area contributed by atoms with Gasteiger partial charge in [-0.25, -0.2) is 15.0 Å². The highest BCUT2D eigenvalue weighted by Crippen LogP contribution is 2.35. The number of hydrogen-bond acceptors (Lipinski definition) is 7. The van der Waals surface area contributed by atoms with Gasteiger partial charge in [0, 0.05) is 33.7 Å². The Morgan fingerprint density at radius 1 is 1.09 bits per heavy atom. The molecule has 164 valence electrons. The molecule has 3 aromatic heterocycles. The van der Waals surface area contributed by atoms with Crippen molar-refractivity contribution in [2.24, 2.45) is 0 Å². The van der Waals surface area contributed by atoms with Crippen LogP contribution < -0.4 is 15.4 Å². The van der Waals surface area contributed by atoms with Crippen LogP contribution in [-0.4, -0.2) is 38.1 Å². The number of nitrogens with zero attached hydrogens (tertiary/aromatic N) is 5. The lowest BCUT2D eigenvalue weighted by Crippen LogP contribution is -2.26. The van der Waals surface area contributed by atoms with Crippen molar-refractivity contribution in [3.05, 3.63) is 64.0 Å². The molecule has 0 unspecified atom stereocenters. The van der Waals surface area contributed by atoms with Gasteiger partial charge < -0.3 is 20.4 Å². The molecule has 2 aromatic carbocycles. The van der Waals surface area contributed by atoms with E-state index in [1.807, 2.05) is 30.3 Å². The van der Waals surface area contributed by atoms with E-state index in [4.69, 9.17) is 22.1 Å². The molecule has 33 heavy (non-hydrogen) atoms. The predicted octanol–water partition coefficient (Wildman–Crippen LogP) is 4.97. The van der Waals surface area contributed by atoms with Gasteiger partial charge in [0.15, 0.2) is 11.6 Å². The highest BCUT2D eigenvalue weighted by Gasteiger charge is 2.20. The number of nitrogen functional groups attached to an aromatic ring is 1. The second-order valence-corrected chi connectivity index (χ2v) is 9.05. The Kier molecular flexibility index (Phi) is 4.81. The number of halogens is 2. The van der Waals surface area contributed by atoms with Crippen LogP contribution in [0.15, 0.2) is 53.4 Å². The van der Waals surface area contributed by atoms with Gasteiger partial charge in [0.2, 0.25) is 0 Å². The summed E-state index contributed by atoms with van der Waals surface area (Å²) >= 11 is 9.79. The number of hydrogen-bond donors (Lipinski definition) is 2. The van der Waals surface area contributed by atoms with Gasteiger partial charge in [0.25, 0.3) is 0 Å². The molecule has 0 radical (unpaired) electrons. The Morgan fingerprint density at radius 2 is 2.00 bits per heavy atom. The van der Waals surface area contributed by atoms with Crippen molar-refractivity contribution in [2.75, 3.05) is 23.8 Å². The van der Waals surface area contributed by atoms with Crippen LogP contribution in [-0.2, 0) is 6.54 Å². The van der Waals surface area contributed by atoms with Crippen LogP contribution in [0.5, 0.6) is 5.75 Å². The van der Waals surface area contributed by atoms with E-state index in [1.54, 1.807) is 12.5 Å². The van der Waals surface area contributed by atoms with E-state index in [2.05, 4.69) is 51.8 Å². The summed E-state index contributed by atoms with van der Waals surface area (Å²) in [6.07, 6.45) is 3.38. The van der Waals surface area contributed by atoms with E-state index in [0.29, 0.717) is 36.3 Å². The van der Waals surface area contributed by atoms with E-state index in [0.717, 1.165) is 49.2 Å². The first-order valence-electron chi connectivity index (χ1n) is 10.3. The number of anilines is 2. The van der Waals surface area contributed by atoms with Crippen LogP contribution in [0.4, 0.5) is 11.8 Å². The largest absolute Gasteiger partial charge is 0.491 e. The summed E-state index contributed by atoms with van der Waals surface area (Å²) in [4.78, 5) is 22.8. The molecule has 0 amide bonds. The minimum absolute atomic E-state index is 0.352. The summed E-state index contributed by atoms with van der Waals surface area (Å²) in [5.74, 6) is 2.06. The topological polar surface area (TPSA) is 106 Å². The fraction of sp³-hybridized carbons (Fsp3) is 0.130. The number of H-pyrrole nitrogens is 1. The first-order valence-corrected chi connectivity index (χ1v) is 11.4. The van der Waals surface area contributed by atoms with Crippen LogP contribution in [0.2, 0.25) is 5.02 Å². The maximum absolute atomic E-state index is 6.27. The summed E-state index contributed by atoms with van der Waals surface area (Å²) in [5, 5.41) is 1.55. The number of nitrogens with one attached hydrogen (secondary N) is 1. The predicted molar refractivity (Wildman–Crippen MR) is 133 cm³/mol. The molecular formula is C23H17BrClN7O. The number of aromatic amines is 1. The fourth-order valence-corrected chi connectivity index (χ4v) is 4.62. The molecule has 0 spiro atoms. The molecule has 0 fully saturated rings. The summed E-state index contributed by atoms with van der Waals surface area (Å²) in [7, 11) is 0. The molecule has 5 aromatic rings. The van der Waals surface area contributed by atoms with Crippen molar-refractivity contribution in [2.45, 2.75) is 6.54 Å². The highest BCUT2D eigenvalue weighted by atomic mass is 79.9. The summed E-state index contributed by atoms with van der Waals surface area (Å²) in [6, 6.07) is 12.0. The molecule has 3 N–H and O–H groups in total. The zero-order chi connectivity index (χ0) is 22.5. The third-order valence-electron chi connectivity index (χ3n) is 5.69. The van der Waals surface area contributed by atoms with Gasteiger partial charge in [0.1, 0.15) is 24.5 Å². The average Bonchev–Trinajstić information content (AvgIpc) is 3.05. The molecule has 1 aliphatic heterocycles. The van der Waals surface area contributed by atoms with E-state index in [9.17, 15) is 0 Å². The second kappa shape index (κ2) is 7.86. The highest BCUT2D eigenvalue weighted by molar-refractivity contribution is 9.10. The molecular weight excluding hydrogens is 506 g/mol. The number of pyridine rings is 1. The van der Waals surface area contributed by atoms with E-state index in [1.165, 1.54) is 0 Å². The van der Waals surface area contributed by atoms with Gasteiger partial charge in [-0.15, -0.1) is 0 Å². The molecule has 0 atom stereocenters. The average molecular weight is 523 g/mol. The van der Waals surface area contributed by atoms with Gasteiger partial charge in [0.05, 0.1) is 22.6 Å². The van der Waals surface area contributed by atoms with Crippen molar-refractivity contribution in [3.8, 4) is 16.9 Å². The molecule has 8 nitrogen and oxygen atoms in total. The monoisotopic (exact) mass is 521 g/mol. The van der Waals surface area contributed by atoms with Crippen LogP contribution >= 0.6 is 27.5 Å². The Balaban J connectivity index is 1.40. The van der Waals surface area contributed by atoms with Crippen molar-refractivity contribution in [1.82, 2.24) is 24.9 Å². The molecule has 0 aliphatic carbocycles. The molecule has 0 saturated carbocycles. The molecule has 4 heterocycles. The third-order valence-corrected chi connectivity index (χ3v) is 6.88. The van der Waals surface area contributed by atoms with Crippen LogP contribution in [0.25, 0.3) is 33.2 Å². The Bertz CT molecular complexity index is 1540. The number of fused-ring (bicyclic) bond motifs is 3. The van der Waals surface area contributed by atoms with Gasteiger partial charge in [-0.2, -0.15) is 4.98 Å². The number of ether oxygens (including phenoxy) is 1. The molecule has 10 heteroatoms. The lowest BCUT2D eigenvalue weighted by atomic mass is 10.0. The van der Waals surface area contributed by atoms with Gasteiger partial charge in [-0.3, -0.25) is 0 Å². The maximum atomic E-state index is 6.27. The Labute approximate surface area is 201 Å². The van der Waals surface area contributed by atoms with Gasteiger partial charge >= 0.3 is 0 Å². The summed E-state index contributed by atoms with van der Waals surface area (Å²) in [5.41, 5.74) is 11.0. The van der Waals surface area contributed by atoms with Crippen molar-refractivity contribution >= 4 is 61.4 Å². The number of nitrogens with two attached hydrogens (primary N) is 1. The Morgan fingerprint density at radius 3 is 2.91 bits per heavy atom. The SMILES string of the molecule is Nc1nc2ncc(-c3ccc4c(c3)CN(c3ncnc5cc(Cl)c(Br)cc35)CCO4)cc2[nH]1. The van der Waals surface area contributed by atoms with Gasteiger partial charge in [-0.05, 0) is 51.8 Å². The maximum Gasteiger partial charge on any atom is 0.200 e. The fourth-order valence-electron chi connectivity index (χ4n) is 4.12. The van der Waals surface area contributed by atoms with Crippen molar-refractivity contribution in [1.29, 1.82) is 0 Å². The molecule has 0 saturated heterocycles. The minimum atomic E-state index is 0.352. The van der Waals surface area contributed by atoms with E-state index in [-0.39, 0.29) is 0 Å². The van der Waals surface area contributed by atoms with Crippen molar-refractivity contribution in [3.63, 3.8) is 0 Å². The first kappa shape index (κ1) is 20.2. The zero-order valence-electron chi connectivity index (χ0n) is 17.2. The summed E-state index contributed by atoms with van der Waals surface area (Å²) in [6.45, 7) is 1.88. The third kappa shape index (κ3) is 3.63. The second-order valence-electron chi connectivity index (χ2n) is 7.79. The number of imidazole rings is 1. The zero-order valence-corrected chi connectivity index (χ0v) is 19.6. The minimum Gasteiger partial charge on any atom is -0.491 e. The standard InChI is InChI=1S/C23H17BrClN7O/c24-16-7-15-18(8-17(16)25)28-11-29-22(15)32-3-4-33-20-2-1-12(5-14(20)10-32)13-6-19-21(27-9-13)31-23(26)30-19/h1-2,5-9,11H,3-4,10H2,(H3,26,27,30,31). The van der Waals surface area contributed by atoms with E-state index < -0.39 is 0 Å².